The lowest BCUT2D eigenvalue weighted by molar-refractivity contribution is -0.123. The van der Waals surface area contributed by atoms with Crippen LogP contribution in [0.3, 0.4) is 0 Å². The first-order valence-corrected chi connectivity index (χ1v) is 10.2. The number of benzene rings is 2. The summed E-state index contributed by atoms with van der Waals surface area (Å²) >= 11 is 11.9. The average Bonchev–Trinajstić information content (AvgIpc) is 2.93. The molecule has 0 radical (unpaired) electrons. The number of aromatic nitrogens is 1. The van der Waals surface area contributed by atoms with Crippen molar-refractivity contribution in [3.63, 3.8) is 0 Å². The number of aryl methyl sites for hydroxylation is 3. The Balaban J connectivity index is 1.65. The summed E-state index contributed by atoms with van der Waals surface area (Å²) in [4.78, 5) is 12.0. The van der Waals surface area contributed by atoms with Crippen LogP contribution < -0.4 is 10.2 Å². The van der Waals surface area contributed by atoms with Crippen LogP contribution in [0.4, 0.5) is 0 Å². The van der Waals surface area contributed by atoms with Gasteiger partial charge in [0.1, 0.15) is 5.75 Å². The molecule has 30 heavy (non-hydrogen) atoms. The van der Waals surface area contributed by atoms with Crippen LogP contribution in [0.15, 0.2) is 47.6 Å². The number of nitrogens with zero attached hydrogens (tertiary/aromatic N) is 2. The number of carbonyl (C=O) groups is 1. The summed E-state index contributed by atoms with van der Waals surface area (Å²) in [5.74, 6) is -0.00225. The Morgan fingerprint density at radius 2 is 1.77 bits per heavy atom. The number of amides is 1. The molecule has 3 rings (SSSR count). The molecule has 0 spiro atoms. The van der Waals surface area contributed by atoms with E-state index in [0.29, 0.717) is 15.8 Å². The summed E-state index contributed by atoms with van der Waals surface area (Å²) in [6.45, 7) is 8.04. The molecule has 156 valence electrons. The van der Waals surface area contributed by atoms with Gasteiger partial charge in [-0.25, -0.2) is 5.43 Å². The first-order chi connectivity index (χ1) is 14.2. The minimum Gasteiger partial charge on any atom is -0.482 e. The Bertz CT molecular complexity index is 1100. The largest absolute Gasteiger partial charge is 0.482 e. The summed E-state index contributed by atoms with van der Waals surface area (Å²) in [5, 5.41) is 4.91. The highest BCUT2D eigenvalue weighted by atomic mass is 35.5. The molecule has 1 amide bonds. The third kappa shape index (κ3) is 5.23. The molecule has 3 aromatic rings. The maximum atomic E-state index is 12.0. The van der Waals surface area contributed by atoms with E-state index in [1.54, 1.807) is 24.4 Å². The summed E-state index contributed by atoms with van der Waals surface area (Å²) in [6, 6.07) is 13.3. The lowest BCUT2D eigenvalue weighted by atomic mass is 10.1. The molecule has 0 aliphatic rings. The van der Waals surface area contributed by atoms with E-state index in [2.05, 4.69) is 47.1 Å². The maximum Gasteiger partial charge on any atom is 0.277 e. The molecule has 5 nitrogen and oxygen atoms in total. The van der Waals surface area contributed by atoms with Gasteiger partial charge in [-0.15, -0.1) is 0 Å². The van der Waals surface area contributed by atoms with E-state index in [4.69, 9.17) is 27.9 Å². The highest BCUT2D eigenvalue weighted by molar-refractivity contribution is 6.35. The molecule has 0 aliphatic carbocycles. The second-order valence-electron chi connectivity index (χ2n) is 7.16. The first-order valence-electron chi connectivity index (χ1n) is 9.42. The highest BCUT2D eigenvalue weighted by Crippen LogP contribution is 2.27. The third-order valence-electron chi connectivity index (χ3n) is 4.58. The molecule has 0 atom stereocenters. The minimum atomic E-state index is -0.389. The van der Waals surface area contributed by atoms with Gasteiger partial charge in [-0.05, 0) is 75.2 Å². The van der Waals surface area contributed by atoms with E-state index in [1.807, 2.05) is 19.9 Å². The zero-order valence-electron chi connectivity index (χ0n) is 17.3. The van der Waals surface area contributed by atoms with Crippen LogP contribution in [0.1, 0.15) is 28.1 Å². The van der Waals surface area contributed by atoms with Gasteiger partial charge in [-0.1, -0.05) is 29.3 Å². The van der Waals surface area contributed by atoms with Gasteiger partial charge < -0.3 is 9.30 Å². The molecule has 0 saturated carbocycles. The van der Waals surface area contributed by atoms with E-state index >= 15 is 0 Å². The van der Waals surface area contributed by atoms with Crippen molar-refractivity contribution in [2.24, 2.45) is 5.10 Å². The Labute approximate surface area is 186 Å². The van der Waals surface area contributed by atoms with Gasteiger partial charge in [0.25, 0.3) is 5.91 Å². The molecule has 2 aromatic carbocycles. The molecule has 0 bridgehead atoms. The number of halogens is 2. The van der Waals surface area contributed by atoms with E-state index in [-0.39, 0.29) is 12.5 Å². The lowest BCUT2D eigenvalue weighted by Crippen LogP contribution is -2.24. The van der Waals surface area contributed by atoms with Gasteiger partial charge in [-0.3, -0.25) is 4.79 Å². The molecule has 1 aromatic heterocycles. The van der Waals surface area contributed by atoms with Crippen molar-refractivity contribution in [1.82, 2.24) is 9.99 Å². The lowest BCUT2D eigenvalue weighted by Gasteiger charge is -2.11. The fourth-order valence-electron chi connectivity index (χ4n) is 3.34. The number of nitrogens with one attached hydrogen (secondary N) is 1. The van der Waals surface area contributed by atoms with Crippen molar-refractivity contribution in [3.8, 4) is 11.4 Å². The van der Waals surface area contributed by atoms with Crippen LogP contribution in [0.2, 0.25) is 10.0 Å². The fourth-order valence-corrected chi connectivity index (χ4v) is 3.80. The number of hydrogen-bond acceptors (Lipinski definition) is 3. The average molecular weight is 444 g/mol. The number of hydrogen-bond donors (Lipinski definition) is 1. The molecular weight excluding hydrogens is 421 g/mol. The summed E-state index contributed by atoms with van der Waals surface area (Å²) in [6.07, 6.45) is 1.63. The predicted molar refractivity (Wildman–Crippen MR) is 122 cm³/mol. The zero-order chi connectivity index (χ0) is 21.8. The van der Waals surface area contributed by atoms with Gasteiger partial charge in [0.05, 0.1) is 11.2 Å². The zero-order valence-corrected chi connectivity index (χ0v) is 18.8. The number of carbonyl (C=O) groups excluding carboxylic acids is 1. The maximum absolute atomic E-state index is 12.0. The molecule has 1 N–H and O–H groups in total. The first kappa shape index (κ1) is 21.9. The van der Waals surface area contributed by atoms with Crippen LogP contribution in [-0.2, 0) is 4.79 Å². The fraction of sp³-hybridized carbons (Fsp3) is 0.217. The molecule has 7 heteroatoms. The van der Waals surface area contributed by atoms with Gasteiger partial charge in [0.15, 0.2) is 6.61 Å². The van der Waals surface area contributed by atoms with Gasteiger partial charge in [-0.2, -0.15) is 5.10 Å². The number of rotatable bonds is 6. The Kier molecular flexibility index (Phi) is 6.85. The predicted octanol–water partition coefficient (Wildman–Crippen LogP) is 5.55. The minimum absolute atomic E-state index is 0.208. The van der Waals surface area contributed by atoms with Crippen LogP contribution in [-0.4, -0.2) is 23.3 Å². The molecule has 0 unspecified atom stereocenters. The Morgan fingerprint density at radius 3 is 2.43 bits per heavy atom. The van der Waals surface area contributed by atoms with Crippen molar-refractivity contribution >= 4 is 35.3 Å². The van der Waals surface area contributed by atoms with Crippen molar-refractivity contribution in [1.29, 1.82) is 0 Å². The van der Waals surface area contributed by atoms with Crippen LogP contribution in [0.25, 0.3) is 5.69 Å². The number of hydrazone groups is 1. The topological polar surface area (TPSA) is 55.6 Å². The smallest absolute Gasteiger partial charge is 0.277 e. The standard InChI is InChI=1S/C23H23Cl2N3O2/c1-14-7-15(2)9-20(8-14)28-16(3)10-18(17(28)4)12-26-27-23(29)13-30-22-6-5-19(24)11-21(22)25/h5-12H,13H2,1-4H3,(H,27,29)/b26-12-. The van der Waals surface area contributed by atoms with Crippen molar-refractivity contribution in [2.45, 2.75) is 27.7 Å². The number of ether oxygens (including phenoxy) is 1. The van der Waals surface area contributed by atoms with Gasteiger partial charge in [0, 0.05) is 27.7 Å². The van der Waals surface area contributed by atoms with E-state index < -0.39 is 0 Å². The molecule has 0 fully saturated rings. The van der Waals surface area contributed by atoms with E-state index in [1.165, 1.54) is 11.1 Å². The molecular formula is C23H23Cl2N3O2. The Morgan fingerprint density at radius 1 is 1.07 bits per heavy atom. The quantitative estimate of drug-likeness (QED) is 0.401. The Hall–Kier alpha value is -2.76. The second kappa shape index (κ2) is 9.37. The van der Waals surface area contributed by atoms with Crippen molar-refractivity contribution in [3.05, 3.63) is 80.6 Å². The summed E-state index contributed by atoms with van der Waals surface area (Å²) in [5.41, 5.74) is 9.06. The summed E-state index contributed by atoms with van der Waals surface area (Å²) < 4.78 is 7.58. The van der Waals surface area contributed by atoms with Gasteiger partial charge in [0.2, 0.25) is 0 Å². The second-order valence-corrected chi connectivity index (χ2v) is 8.01. The molecule has 1 heterocycles. The monoisotopic (exact) mass is 443 g/mol. The normalized spacial score (nSPS) is 11.1. The van der Waals surface area contributed by atoms with Crippen molar-refractivity contribution < 1.29 is 9.53 Å². The van der Waals surface area contributed by atoms with Crippen LogP contribution in [0.5, 0.6) is 5.75 Å². The van der Waals surface area contributed by atoms with Gasteiger partial charge >= 0.3 is 0 Å². The molecule has 0 saturated heterocycles. The van der Waals surface area contributed by atoms with Crippen molar-refractivity contribution in [2.75, 3.05) is 6.61 Å². The third-order valence-corrected chi connectivity index (χ3v) is 5.11. The SMILES string of the molecule is Cc1cc(C)cc(-n2c(C)cc(/C=N\NC(=O)COc3ccc(Cl)cc3Cl)c2C)c1. The highest BCUT2D eigenvalue weighted by Gasteiger charge is 2.11. The van der Waals surface area contributed by atoms with E-state index in [0.717, 1.165) is 22.6 Å². The van der Waals surface area contributed by atoms with E-state index in [9.17, 15) is 4.79 Å². The summed E-state index contributed by atoms with van der Waals surface area (Å²) in [7, 11) is 0. The van der Waals surface area contributed by atoms with Crippen LogP contribution in [0, 0.1) is 27.7 Å². The van der Waals surface area contributed by atoms with Crippen LogP contribution >= 0.6 is 23.2 Å². The molecule has 0 aliphatic heterocycles.